The molecular formula is C25H24ClF2N5O5S. The molecule has 0 heterocycles. The van der Waals surface area contributed by atoms with Crippen LogP contribution in [0.15, 0.2) is 65.6 Å². The molecule has 0 saturated heterocycles. The Kier molecular flexibility index (Phi) is 9.79. The van der Waals surface area contributed by atoms with Gasteiger partial charge in [-0.3, -0.25) is 4.79 Å². The normalized spacial score (nSPS) is 10.9. The van der Waals surface area contributed by atoms with Gasteiger partial charge in [0.1, 0.15) is 11.6 Å². The van der Waals surface area contributed by atoms with Gasteiger partial charge in [0.25, 0.3) is 15.9 Å². The Labute approximate surface area is 228 Å². The van der Waals surface area contributed by atoms with Crippen LogP contribution in [0.4, 0.5) is 29.7 Å². The Morgan fingerprint density at radius 1 is 0.846 bits per heavy atom. The maximum absolute atomic E-state index is 14.4. The number of anilines is 2. The van der Waals surface area contributed by atoms with E-state index in [0.29, 0.717) is 0 Å². The molecule has 14 heteroatoms. The topological polar surface area (TPSA) is 146 Å². The molecule has 0 aliphatic carbocycles. The van der Waals surface area contributed by atoms with Gasteiger partial charge in [0.05, 0.1) is 15.6 Å². The zero-order chi connectivity index (χ0) is 28.6. The first-order valence-corrected chi connectivity index (χ1v) is 13.3. The lowest BCUT2D eigenvalue weighted by atomic mass is 10.2. The quantitative estimate of drug-likeness (QED) is 0.239. The minimum Gasteiger partial charge on any atom is -0.352 e. The lowest BCUT2D eigenvalue weighted by molar-refractivity contribution is 0.0953. The van der Waals surface area contributed by atoms with Crippen LogP contribution in [-0.2, 0) is 10.0 Å². The highest BCUT2D eigenvalue weighted by Crippen LogP contribution is 2.20. The first-order chi connectivity index (χ1) is 18.4. The van der Waals surface area contributed by atoms with Crippen molar-refractivity contribution in [2.24, 2.45) is 0 Å². The predicted molar refractivity (Wildman–Crippen MR) is 142 cm³/mol. The van der Waals surface area contributed by atoms with E-state index in [1.54, 1.807) is 19.1 Å². The zero-order valence-corrected chi connectivity index (χ0v) is 22.1. The fourth-order valence-electron chi connectivity index (χ4n) is 3.21. The average molecular weight is 580 g/mol. The summed E-state index contributed by atoms with van der Waals surface area (Å²) in [6.07, 6.45) is 0.263. The number of benzene rings is 3. The van der Waals surface area contributed by atoms with E-state index >= 15 is 0 Å². The minimum absolute atomic E-state index is 0.0151. The van der Waals surface area contributed by atoms with Gasteiger partial charge in [-0.2, -0.15) is 0 Å². The van der Waals surface area contributed by atoms with Gasteiger partial charge in [-0.05, 0) is 67.4 Å². The number of nitrogens with one attached hydrogen (secondary N) is 5. The first kappa shape index (κ1) is 29.3. The standard InChI is InChI=1S/C25H24ClF2N5O5S/c1-15-4-2-5-18(12-15)39(37,38)33-24(35)30-11-3-10-29-23(34)16-6-9-22(21(28)13-16)32-25(36)31-17-7-8-20(27)19(26)14-17/h2,4-9,12-14H,3,10-11H2,1H3,(H,29,34)(H2,30,33,35)(H2,31,32,36). The van der Waals surface area contributed by atoms with Crippen LogP contribution in [0.2, 0.25) is 5.02 Å². The van der Waals surface area contributed by atoms with Crippen LogP contribution in [-0.4, -0.2) is 39.5 Å². The molecule has 5 amide bonds. The molecule has 0 spiro atoms. The summed E-state index contributed by atoms with van der Waals surface area (Å²) in [4.78, 5) is 36.3. The smallest absolute Gasteiger partial charge is 0.328 e. The number of aryl methyl sites for hydroxylation is 1. The number of carbonyl (C=O) groups excluding carboxylic acids is 3. The lowest BCUT2D eigenvalue weighted by Gasteiger charge is -2.11. The Morgan fingerprint density at radius 3 is 2.28 bits per heavy atom. The molecular weight excluding hydrogens is 556 g/mol. The maximum atomic E-state index is 14.4. The SMILES string of the molecule is Cc1cccc(S(=O)(=O)NC(=O)NCCCNC(=O)c2ccc(NC(=O)Nc3ccc(F)c(Cl)c3)c(F)c2)c1. The van der Waals surface area contributed by atoms with E-state index in [9.17, 15) is 31.6 Å². The molecule has 10 nitrogen and oxygen atoms in total. The van der Waals surface area contributed by atoms with Crippen molar-refractivity contribution < 1.29 is 31.6 Å². The predicted octanol–water partition coefficient (Wildman–Crippen LogP) is 4.38. The molecule has 0 unspecified atom stereocenters. The molecule has 0 saturated carbocycles. The highest BCUT2D eigenvalue weighted by molar-refractivity contribution is 7.90. The first-order valence-electron chi connectivity index (χ1n) is 11.4. The van der Waals surface area contributed by atoms with Gasteiger partial charge in [-0.25, -0.2) is 31.5 Å². The van der Waals surface area contributed by atoms with Crippen LogP contribution in [0.3, 0.4) is 0 Å². The summed E-state index contributed by atoms with van der Waals surface area (Å²) in [5, 5.41) is 9.39. The van der Waals surface area contributed by atoms with Crippen molar-refractivity contribution in [2.75, 3.05) is 23.7 Å². The fraction of sp³-hybridized carbons (Fsp3) is 0.160. The summed E-state index contributed by atoms with van der Waals surface area (Å²) in [5.74, 6) is -2.13. The Morgan fingerprint density at radius 2 is 1.59 bits per heavy atom. The number of carbonyl (C=O) groups is 3. The van der Waals surface area contributed by atoms with E-state index < -0.39 is 39.6 Å². The molecule has 39 heavy (non-hydrogen) atoms. The third-order valence-corrected chi connectivity index (χ3v) is 6.73. The maximum Gasteiger partial charge on any atom is 0.328 e. The fourth-order valence-corrected chi connectivity index (χ4v) is 4.42. The summed E-state index contributed by atoms with van der Waals surface area (Å²) in [7, 11) is -4.03. The molecule has 3 rings (SSSR count). The molecule has 3 aromatic carbocycles. The molecule has 0 aliphatic heterocycles. The number of amides is 5. The third kappa shape index (κ3) is 8.65. The van der Waals surface area contributed by atoms with Crippen molar-refractivity contribution in [3.05, 3.63) is 88.4 Å². The van der Waals surface area contributed by atoms with Crippen LogP contribution in [0.25, 0.3) is 0 Å². The van der Waals surface area contributed by atoms with Crippen molar-refractivity contribution in [2.45, 2.75) is 18.2 Å². The molecule has 0 radical (unpaired) electrons. The second-order valence-corrected chi connectivity index (χ2v) is 10.3. The molecule has 5 N–H and O–H groups in total. The number of urea groups is 2. The van der Waals surface area contributed by atoms with Gasteiger partial charge in [0.2, 0.25) is 0 Å². The largest absolute Gasteiger partial charge is 0.352 e. The molecule has 206 valence electrons. The highest BCUT2D eigenvalue weighted by Gasteiger charge is 2.17. The Balaban J connectivity index is 1.41. The van der Waals surface area contributed by atoms with E-state index in [2.05, 4.69) is 21.3 Å². The number of hydrogen-bond donors (Lipinski definition) is 5. The number of halogens is 3. The lowest BCUT2D eigenvalue weighted by Crippen LogP contribution is -2.40. The van der Waals surface area contributed by atoms with Crippen molar-refractivity contribution in [3.63, 3.8) is 0 Å². The Bertz CT molecular complexity index is 1500. The summed E-state index contributed by atoms with van der Waals surface area (Å²) in [5.41, 5.74) is 0.694. The van der Waals surface area contributed by atoms with Gasteiger partial charge in [-0.15, -0.1) is 0 Å². The molecule has 0 fully saturated rings. The molecule has 0 aliphatic rings. The summed E-state index contributed by atoms with van der Waals surface area (Å²) >= 11 is 5.66. The third-order valence-electron chi connectivity index (χ3n) is 5.11. The Hall–Kier alpha value is -4.23. The summed E-state index contributed by atoms with van der Waals surface area (Å²) < 4.78 is 54.1. The number of hydrogen-bond acceptors (Lipinski definition) is 5. The number of rotatable bonds is 9. The van der Waals surface area contributed by atoms with Crippen molar-refractivity contribution in [1.82, 2.24) is 15.4 Å². The van der Waals surface area contributed by atoms with E-state index in [1.807, 2.05) is 4.72 Å². The van der Waals surface area contributed by atoms with Crippen molar-refractivity contribution in [3.8, 4) is 0 Å². The monoisotopic (exact) mass is 579 g/mol. The van der Waals surface area contributed by atoms with Gasteiger partial charge in [0.15, 0.2) is 0 Å². The number of sulfonamides is 1. The average Bonchev–Trinajstić information content (AvgIpc) is 2.87. The van der Waals surface area contributed by atoms with Crippen LogP contribution in [0.5, 0.6) is 0 Å². The summed E-state index contributed by atoms with van der Waals surface area (Å²) in [6.45, 7) is 1.88. The van der Waals surface area contributed by atoms with Crippen LogP contribution in [0.1, 0.15) is 22.3 Å². The van der Waals surface area contributed by atoms with Crippen molar-refractivity contribution in [1.29, 1.82) is 0 Å². The van der Waals surface area contributed by atoms with E-state index in [-0.39, 0.29) is 46.4 Å². The molecule has 0 aromatic heterocycles. The second kappa shape index (κ2) is 13.0. The van der Waals surface area contributed by atoms with E-state index in [4.69, 9.17) is 11.6 Å². The van der Waals surface area contributed by atoms with E-state index in [1.165, 1.54) is 36.4 Å². The van der Waals surface area contributed by atoms with Gasteiger partial charge in [0, 0.05) is 24.3 Å². The van der Waals surface area contributed by atoms with Gasteiger partial charge < -0.3 is 21.3 Å². The van der Waals surface area contributed by atoms with Crippen LogP contribution < -0.4 is 26.0 Å². The summed E-state index contributed by atoms with van der Waals surface area (Å²) in [6, 6.07) is 11.3. The molecule has 0 bridgehead atoms. The van der Waals surface area contributed by atoms with Gasteiger partial charge >= 0.3 is 12.1 Å². The minimum atomic E-state index is -4.03. The van der Waals surface area contributed by atoms with Crippen LogP contribution in [0, 0.1) is 18.6 Å². The van der Waals surface area contributed by atoms with Crippen LogP contribution >= 0.6 is 11.6 Å². The van der Waals surface area contributed by atoms with Crippen molar-refractivity contribution >= 4 is 51.0 Å². The highest BCUT2D eigenvalue weighted by atomic mass is 35.5. The van der Waals surface area contributed by atoms with Gasteiger partial charge in [-0.1, -0.05) is 23.7 Å². The molecule has 0 atom stereocenters. The zero-order valence-electron chi connectivity index (χ0n) is 20.5. The molecule has 3 aromatic rings. The van der Waals surface area contributed by atoms with E-state index in [0.717, 1.165) is 17.7 Å². The second-order valence-electron chi connectivity index (χ2n) is 8.19.